The lowest BCUT2D eigenvalue weighted by Crippen LogP contribution is -2.25. The molecule has 49 heavy (non-hydrogen) atoms. The molecule has 0 N–H and O–H groups in total. The Balaban J connectivity index is 1.14. The summed E-state index contributed by atoms with van der Waals surface area (Å²) in [6.45, 7) is 9.21. The van der Waals surface area contributed by atoms with E-state index < -0.39 is 0 Å². The van der Waals surface area contributed by atoms with Crippen LogP contribution in [0.25, 0.3) is 5.57 Å². The van der Waals surface area contributed by atoms with Gasteiger partial charge in [-0.15, -0.1) is 0 Å². The molecular weight excluding hydrogens is 595 g/mol. The lowest BCUT2D eigenvalue weighted by atomic mass is 9.74. The number of rotatable bonds is 10. The molecule has 244 valence electrons. The van der Waals surface area contributed by atoms with E-state index in [1.54, 1.807) is 0 Å². The van der Waals surface area contributed by atoms with E-state index in [0.29, 0.717) is 12.5 Å². The summed E-state index contributed by atoms with van der Waals surface area (Å²) in [6, 6.07) is 37.0. The Morgan fingerprint density at radius 3 is 2.43 bits per heavy atom. The third kappa shape index (κ3) is 7.17. The van der Waals surface area contributed by atoms with Crippen molar-refractivity contribution in [1.82, 2.24) is 0 Å². The van der Waals surface area contributed by atoms with Crippen LogP contribution in [0.15, 0.2) is 160 Å². The van der Waals surface area contributed by atoms with Gasteiger partial charge in [-0.2, -0.15) is 0 Å². The summed E-state index contributed by atoms with van der Waals surface area (Å²) < 4.78 is 0. The highest BCUT2D eigenvalue weighted by Crippen LogP contribution is 2.44. The van der Waals surface area contributed by atoms with E-state index in [2.05, 4.69) is 165 Å². The molecule has 4 aromatic rings. The van der Waals surface area contributed by atoms with Crippen molar-refractivity contribution in [2.75, 3.05) is 0 Å². The highest BCUT2D eigenvalue weighted by Gasteiger charge is 2.32. The van der Waals surface area contributed by atoms with Crippen molar-refractivity contribution in [3.05, 3.63) is 179 Å². The van der Waals surface area contributed by atoms with Gasteiger partial charge in [0.15, 0.2) is 0 Å². The molecule has 0 bridgehead atoms. The summed E-state index contributed by atoms with van der Waals surface area (Å²) in [5.74, 6) is 0.775. The summed E-state index contributed by atoms with van der Waals surface area (Å²) >= 11 is 0. The Morgan fingerprint density at radius 2 is 1.67 bits per heavy atom. The van der Waals surface area contributed by atoms with Crippen molar-refractivity contribution in [3.63, 3.8) is 0 Å². The van der Waals surface area contributed by atoms with Crippen LogP contribution in [-0.2, 0) is 6.54 Å². The Morgan fingerprint density at radius 1 is 0.898 bits per heavy atom. The summed E-state index contributed by atoms with van der Waals surface area (Å²) in [4.78, 5) is 15.3. The quantitative estimate of drug-likeness (QED) is 0.155. The number of aliphatic imine (C=N–C) groups is 3. The lowest BCUT2D eigenvalue weighted by Gasteiger charge is -2.32. The van der Waals surface area contributed by atoms with Gasteiger partial charge in [-0.05, 0) is 89.6 Å². The molecule has 0 saturated heterocycles. The molecular formula is C46H45N3. The standard InChI is InChI=1S/C46H45N3/c1-32-15-10-11-22-40(32)45-33(2)46(49-42-24-13-12-23-41(42)45)39-21-14-16-34(29-39)31-48-44(37-19-8-5-9-20-37)30-43(47-3)38-27-25-36(26-28-38)35-17-6-4-7-18-35/h4-8,10-19,21-27,29,33,38,43,45H,3,9,20,28,30-31H2,1-2H3/b48-44+. The predicted molar refractivity (Wildman–Crippen MR) is 208 cm³/mol. The monoisotopic (exact) mass is 639 g/mol. The van der Waals surface area contributed by atoms with Crippen LogP contribution < -0.4 is 0 Å². The zero-order chi connectivity index (χ0) is 33.6. The molecule has 3 nitrogen and oxygen atoms in total. The number of benzene rings is 4. The second kappa shape index (κ2) is 15.0. The van der Waals surface area contributed by atoms with Crippen LogP contribution in [0.1, 0.15) is 71.9 Å². The Labute approximate surface area is 292 Å². The summed E-state index contributed by atoms with van der Waals surface area (Å²) in [5.41, 5.74) is 13.6. The number of aryl methyl sites for hydroxylation is 1. The van der Waals surface area contributed by atoms with Gasteiger partial charge < -0.3 is 0 Å². The molecule has 3 aliphatic rings. The molecule has 0 amide bonds. The number of hydrogen-bond acceptors (Lipinski definition) is 3. The summed E-state index contributed by atoms with van der Waals surface area (Å²) in [7, 11) is 0. The minimum absolute atomic E-state index is 0.0672. The van der Waals surface area contributed by atoms with Crippen LogP contribution in [0, 0.1) is 18.8 Å². The van der Waals surface area contributed by atoms with E-state index in [0.717, 1.165) is 42.8 Å². The van der Waals surface area contributed by atoms with Crippen LogP contribution in [0.2, 0.25) is 0 Å². The molecule has 0 spiro atoms. The zero-order valence-corrected chi connectivity index (χ0v) is 28.7. The van der Waals surface area contributed by atoms with Gasteiger partial charge in [-0.1, -0.05) is 134 Å². The van der Waals surface area contributed by atoms with Gasteiger partial charge in [-0.25, -0.2) is 0 Å². The predicted octanol–water partition coefficient (Wildman–Crippen LogP) is 11.2. The minimum Gasteiger partial charge on any atom is -0.297 e. The number of nitrogens with zero attached hydrogens (tertiary/aromatic N) is 3. The first-order chi connectivity index (χ1) is 24.1. The van der Waals surface area contributed by atoms with Crippen molar-refractivity contribution in [2.45, 2.75) is 58.0 Å². The largest absolute Gasteiger partial charge is 0.297 e. The fourth-order valence-corrected chi connectivity index (χ4v) is 7.68. The smallest absolute Gasteiger partial charge is 0.0671 e. The summed E-state index contributed by atoms with van der Waals surface area (Å²) in [5, 5.41) is 0. The van der Waals surface area contributed by atoms with E-state index in [1.165, 1.54) is 44.5 Å². The Kier molecular flexibility index (Phi) is 9.89. The van der Waals surface area contributed by atoms with Crippen molar-refractivity contribution in [2.24, 2.45) is 26.8 Å². The number of allylic oxidation sites excluding steroid dienone is 7. The lowest BCUT2D eigenvalue weighted by molar-refractivity contribution is 0.521. The first-order valence-corrected chi connectivity index (χ1v) is 17.7. The van der Waals surface area contributed by atoms with E-state index in [1.807, 2.05) is 0 Å². The van der Waals surface area contributed by atoms with Crippen molar-refractivity contribution < 1.29 is 0 Å². The van der Waals surface area contributed by atoms with Gasteiger partial charge in [0.2, 0.25) is 0 Å². The first-order valence-electron chi connectivity index (χ1n) is 17.7. The van der Waals surface area contributed by atoms with E-state index in [-0.39, 0.29) is 17.9 Å². The zero-order valence-electron chi connectivity index (χ0n) is 28.7. The molecule has 4 aromatic carbocycles. The van der Waals surface area contributed by atoms with Crippen molar-refractivity contribution in [1.29, 1.82) is 0 Å². The van der Waals surface area contributed by atoms with Gasteiger partial charge in [0.1, 0.15) is 0 Å². The topological polar surface area (TPSA) is 37.1 Å². The maximum Gasteiger partial charge on any atom is 0.0671 e. The van der Waals surface area contributed by atoms with Crippen LogP contribution in [0.4, 0.5) is 5.69 Å². The fraction of sp³-hybridized carbons (Fsp3) is 0.239. The van der Waals surface area contributed by atoms with E-state index in [4.69, 9.17) is 9.98 Å². The maximum absolute atomic E-state index is 5.33. The minimum atomic E-state index is 0.0672. The highest BCUT2D eigenvalue weighted by atomic mass is 14.8. The Bertz CT molecular complexity index is 2000. The van der Waals surface area contributed by atoms with Gasteiger partial charge in [-0.3, -0.25) is 15.0 Å². The van der Waals surface area contributed by atoms with Gasteiger partial charge >= 0.3 is 0 Å². The molecule has 0 aromatic heterocycles. The molecule has 4 unspecified atom stereocenters. The van der Waals surface area contributed by atoms with Gasteiger partial charge in [0, 0.05) is 29.9 Å². The molecule has 0 saturated carbocycles. The van der Waals surface area contributed by atoms with Gasteiger partial charge in [0.05, 0.1) is 24.0 Å². The van der Waals surface area contributed by atoms with Crippen LogP contribution >= 0.6 is 0 Å². The maximum atomic E-state index is 5.33. The third-order valence-corrected chi connectivity index (χ3v) is 10.4. The molecule has 4 atom stereocenters. The fourth-order valence-electron chi connectivity index (χ4n) is 7.68. The molecule has 2 aliphatic carbocycles. The second-order valence-electron chi connectivity index (χ2n) is 13.5. The normalized spacial score (nSPS) is 20.9. The first kappa shape index (κ1) is 32.4. The van der Waals surface area contributed by atoms with Crippen LogP contribution in [-0.4, -0.2) is 24.2 Å². The van der Waals surface area contributed by atoms with Crippen LogP contribution in [0.3, 0.4) is 0 Å². The SMILES string of the molecule is C=NC(C/C(=N\Cc1cccc(C2=Nc3ccccc3C(c3ccccc3C)C2C)c1)C1=CC=CCC1)C1C=CC(c2ccccc2)=CC1. The molecule has 1 aliphatic heterocycles. The molecule has 0 fully saturated rings. The molecule has 3 heteroatoms. The summed E-state index contributed by atoms with van der Waals surface area (Å²) in [6.07, 6.45) is 17.4. The molecule has 0 radical (unpaired) electrons. The number of fused-ring (bicyclic) bond motifs is 1. The average molecular weight is 640 g/mol. The van der Waals surface area contributed by atoms with Crippen LogP contribution in [0.5, 0.6) is 0 Å². The van der Waals surface area contributed by atoms with Crippen molar-refractivity contribution in [3.8, 4) is 0 Å². The second-order valence-corrected chi connectivity index (χ2v) is 13.5. The van der Waals surface area contributed by atoms with Crippen molar-refractivity contribution >= 4 is 29.4 Å². The molecule has 7 rings (SSSR count). The van der Waals surface area contributed by atoms with E-state index in [9.17, 15) is 0 Å². The molecule has 1 heterocycles. The average Bonchev–Trinajstić information content (AvgIpc) is 3.16. The third-order valence-electron chi connectivity index (χ3n) is 10.4. The number of para-hydroxylation sites is 1. The van der Waals surface area contributed by atoms with E-state index >= 15 is 0 Å². The Hall–Kier alpha value is -5.15. The highest BCUT2D eigenvalue weighted by molar-refractivity contribution is 6.06. The van der Waals surface area contributed by atoms with Gasteiger partial charge in [0.25, 0.3) is 0 Å². The number of hydrogen-bond donors (Lipinski definition) is 0.